The van der Waals surface area contributed by atoms with Crippen LogP contribution in [0.3, 0.4) is 0 Å². The zero-order valence-electron chi connectivity index (χ0n) is 10.1. The van der Waals surface area contributed by atoms with Gasteiger partial charge in [-0.1, -0.05) is 11.6 Å². The number of hydrogen-bond donors (Lipinski definition) is 1. The first-order valence-corrected chi connectivity index (χ1v) is 7.08. The number of likely N-dealkylation sites (tertiary alicyclic amines) is 1. The number of amides is 1. The van der Waals surface area contributed by atoms with Gasteiger partial charge in [0.15, 0.2) is 0 Å². The monoisotopic (exact) mass is 331 g/mol. The molecule has 1 aliphatic rings. The molecular weight excluding hydrogens is 318 g/mol. The van der Waals surface area contributed by atoms with Crippen LogP contribution in [0.2, 0.25) is 5.02 Å². The second kappa shape index (κ2) is 5.59. The van der Waals surface area contributed by atoms with Gasteiger partial charge in [0.2, 0.25) is 0 Å². The second-order valence-electron chi connectivity index (χ2n) is 4.66. The standard InChI is InChI=1S/C13H15BrClNO2/c1-8(17)9-4-5-16(7-9)13(18)11-6-10(15)2-3-12(11)14/h2-3,6,8-9,17H,4-5,7H2,1H3. The highest BCUT2D eigenvalue weighted by atomic mass is 79.9. The van der Waals surface area contributed by atoms with Crippen molar-refractivity contribution in [1.29, 1.82) is 0 Å². The SMILES string of the molecule is CC(O)C1CCN(C(=O)c2cc(Cl)ccc2Br)C1. The summed E-state index contributed by atoms with van der Waals surface area (Å²) in [5.41, 5.74) is 0.578. The topological polar surface area (TPSA) is 40.5 Å². The number of rotatable bonds is 2. The normalized spacial score (nSPS) is 21.1. The number of nitrogens with zero attached hydrogens (tertiary/aromatic N) is 1. The second-order valence-corrected chi connectivity index (χ2v) is 5.96. The van der Waals surface area contributed by atoms with Gasteiger partial charge < -0.3 is 10.0 Å². The molecule has 1 aromatic rings. The Morgan fingerprint density at radius 3 is 2.94 bits per heavy atom. The number of carbonyl (C=O) groups is 1. The van der Waals surface area contributed by atoms with E-state index in [9.17, 15) is 9.90 Å². The molecule has 0 bridgehead atoms. The minimum absolute atomic E-state index is 0.0347. The molecule has 0 aromatic heterocycles. The molecule has 1 saturated heterocycles. The van der Waals surface area contributed by atoms with E-state index in [4.69, 9.17) is 11.6 Å². The van der Waals surface area contributed by atoms with Crippen molar-refractivity contribution in [2.24, 2.45) is 5.92 Å². The molecule has 0 saturated carbocycles. The van der Waals surface area contributed by atoms with Crippen molar-refractivity contribution >= 4 is 33.4 Å². The van der Waals surface area contributed by atoms with Crippen molar-refractivity contribution in [3.63, 3.8) is 0 Å². The molecule has 3 nitrogen and oxygen atoms in total. The van der Waals surface area contributed by atoms with Crippen LogP contribution in [0, 0.1) is 5.92 Å². The van der Waals surface area contributed by atoms with Crippen LogP contribution >= 0.6 is 27.5 Å². The van der Waals surface area contributed by atoms with E-state index in [1.807, 2.05) is 0 Å². The minimum atomic E-state index is -0.370. The lowest BCUT2D eigenvalue weighted by molar-refractivity contribution is 0.0761. The lowest BCUT2D eigenvalue weighted by Crippen LogP contribution is -2.30. The molecule has 2 rings (SSSR count). The van der Waals surface area contributed by atoms with Crippen LogP contribution < -0.4 is 0 Å². The highest BCUT2D eigenvalue weighted by molar-refractivity contribution is 9.10. The number of halogens is 2. The third-order valence-corrected chi connectivity index (χ3v) is 4.28. The fraction of sp³-hybridized carbons (Fsp3) is 0.462. The van der Waals surface area contributed by atoms with Crippen LogP contribution in [0.4, 0.5) is 0 Å². The fourth-order valence-corrected chi connectivity index (χ4v) is 2.79. The molecule has 2 unspecified atom stereocenters. The van der Waals surface area contributed by atoms with Crippen molar-refractivity contribution in [3.05, 3.63) is 33.3 Å². The van der Waals surface area contributed by atoms with E-state index < -0.39 is 0 Å². The van der Waals surface area contributed by atoms with E-state index in [-0.39, 0.29) is 17.9 Å². The maximum atomic E-state index is 12.3. The van der Waals surface area contributed by atoms with Crippen LogP contribution in [0.1, 0.15) is 23.7 Å². The van der Waals surface area contributed by atoms with E-state index in [0.29, 0.717) is 23.7 Å². The molecule has 0 aliphatic carbocycles. The van der Waals surface area contributed by atoms with E-state index in [1.165, 1.54) is 0 Å². The van der Waals surface area contributed by atoms with Gasteiger partial charge in [-0.3, -0.25) is 4.79 Å². The molecule has 1 aromatic carbocycles. The molecule has 18 heavy (non-hydrogen) atoms. The molecule has 1 aliphatic heterocycles. The number of hydrogen-bond acceptors (Lipinski definition) is 2. The summed E-state index contributed by atoms with van der Waals surface area (Å²) in [6, 6.07) is 5.19. The number of carbonyl (C=O) groups excluding carboxylic acids is 1. The summed E-state index contributed by atoms with van der Waals surface area (Å²) in [5.74, 6) is 0.138. The third-order valence-electron chi connectivity index (χ3n) is 3.35. The van der Waals surface area contributed by atoms with E-state index in [0.717, 1.165) is 10.9 Å². The summed E-state index contributed by atoms with van der Waals surface area (Å²) in [5, 5.41) is 10.1. The lowest BCUT2D eigenvalue weighted by Gasteiger charge is -2.18. The first kappa shape index (κ1) is 13.8. The summed E-state index contributed by atoms with van der Waals surface area (Å²) in [7, 11) is 0. The third kappa shape index (κ3) is 2.87. The summed E-state index contributed by atoms with van der Waals surface area (Å²) in [4.78, 5) is 14.1. The van der Waals surface area contributed by atoms with Gasteiger partial charge in [-0.2, -0.15) is 0 Å². The lowest BCUT2D eigenvalue weighted by atomic mass is 10.0. The minimum Gasteiger partial charge on any atom is -0.393 e. The smallest absolute Gasteiger partial charge is 0.255 e. The molecule has 0 radical (unpaired) electrons. The van der Waals surface area contributed by atoms with Crippen LogP contribution in [-0.4, -0.2) is 35.1 Å². The summed E-state index contributed by atoms with van der Waals surface area (Å²) >= 11 is 9.28. The predicted octanol–water partition coefficient (Wildman–Crippen LogP) is 2.95. The van der Waals surface area contributed by atoms with Crippen molar-refractivity contribution < 1.29 is 9.90 Å². The van der Waals surface area contributed by atoms with E-state index in [2.05, 4.69) is 15.9 Å². The van der Waals surface area contributed by atoms with Crippen molar-refractivity contribution in [1.82, 2.24) is 4.90 Å². The average molecular weight is 333 g/mol. The van der Waals surface area contributed by atoms with Crippen LogP contribution in [0.25, 0.3) is 0 Å². The molecular formula is C13H15BrClNO2. The average Bonchev–Trinajstić information content (AvgIpc) is 2.81. The van der Waals surface area contributed by atoms with Gasteiger partial charge in [0.25, 0.3) is 5.91 Å². The van der Waals surface area contributed by atoms with Gasteiger partial charge in [0.05, 0.1) is 11.7 Å². The molecule has 1 amide bonds. The van der Waals surface area contributed by atoms with Gasteiger partial charge in [-0.05, 0) is 47.5 Å². The van der Waals surface area contributed by atoms with E-state index >= 15 is 0 Å². The first-order chi connectivity index (χ1) is 8.49. The highest BCUT2D eigenvalue weighted by Crippen LogP contribution is 2.26. The van der Waals surface area contributed by atoms with Crippen LogP contribution in [0.15, 0.2) is 22.7 Å². The largest absolute Gasteiger partial charge is 0.393 e. The number of aliphatic hydroxyl groups is 1. The summed E-state index contributed by atoms with van der Waals surface area (Å²) < 4.78 is 0.748. The Balaban J connectivity index is 2.15. The Bertz CT molecular complexity index is 464. The van der Waals surface area contributed by atoms with Gasteiger partial charge in [0, 0.05) is 28.5 Å². The molecule has 5 heteroatoms. The van der Waals surface area contributed by atoms with Gasteiger partial charge in [-0.25, -0.2) is 0 Å². The van der Waals surface area contributed by atoms with Crippen molar-refractivity contribution in [2.45, 2.75) is 19.4 Å². The van der Waals surface area contributed by atoms with Crippen molar-refractivity contribution in [2.75, 3.05) is 13.1 Å². The van der Waals surface area contributed by atoms with Gasteiger partial charge in [-0.15, -0.1) is 0 Å². The fourth-order valence-electron chi connectivity index (χ4n) is 2.20. The predicted molar refractivity (Wildman–Crippen MR) is 74.8 cm³/mol. The molecule has 1 heterocycles. The maximum absolute atomic E-state index is 12.3. The zero-order chi connectivity index (χ0) is 13.3. The molecule has 1 N–H and O–H groups in total. The number of benzene rings is 1. The molecule has 0 spiro atoms. The van der Waals surface area contributed by atoms with Crippen molar-refractivity contribution in [3.8, 4) is 0 Å². The first-order valence-electron chi connectivity index (χ1n) is 5.91. The Kier molecular flexibility index (Phi) is 4.30. The Morgan fingerprint density at radius 2 is 2.33 bits per heavy atom. The van der Waals surface area contributed by atoms with Gasteiger partial charge >= 0.3 is 0 Å². The zero-order valence-corrected chi connectivity index (χ0v) is 12.4. The molecule has 2 atom stereocenters. The Morgan fingerprint density at radius 1 is 1.61 bits per heavy atom. The summed E-state index contributed by atoms with van der Waals surface area (Å²) in [6.45, 7) is 3.07. The maximum Gasteiger partial charge on any atom is 0.255 e. The van der Waals surface area contributed by atoms with E-state index in [1.54, 1.807) is 30.0 Å². The Hall–Kier alpha value is -0.580. The summed E-state index contributed by atoms with van der Waals surface area (Å²) in [6.07, 6.45) is 0.479. The van der Waals surface area contributed by atoms with Crippen LogP contribution in [0.5, 0.6) is 0 Å². The Labute approximate surface area is 120 Å². The molecule has 98 valence electrons. The van der Waals surface area contributed by atoms with Gasteiger partial charge in [0.1, 0.15) is 0 Å². The van der Waals surface area contributed by atoms with Crippen LogP contribution in [-0.2, 0) is 0 Å². The highest BCUT2D eigenvalue weighted by Gasteiger charge is 2.30. The number of aliphatic hydroxyl groups excluding tert-OH is 1. The quantitative estimate of drug-likeness (QED) is 0.904. The molecule has 1 fully saturated rings.